The lowest BCUT2D eigenvalue weighted by atomic mass is 10.0. The van der Waals surface area contributed by atoms with Crippen molar-refractivity contribution in [2.75, 3.05) is 11.9 Å². The molecule has 0 fully saturated rings. The summed E-state index contributed by atoms with van der Waals surface area (Å²) in [4.78, 5) is 22.8. The van der Waals surface area contributed by atoms with E-state index in [0.717, 1.165) is 54.1 Å². The Labute approximate surface area is 178 Å². The second kappa shape index (κ2) is 7.22. The van der Waals surface area contributed by atoms with Crippen molar-refractivity contribution in [3.63, 3.8) is 0 Å². The maximum Gasteiger partial charge on any atom is 0.263 e. The second-order valence-corrected chi connectivity index (χ2v) is 8.74. The fraction of sp³-hybridized carbons (Fsp3) is 0.208. The van der Waals surface area contributed by atoms with Gasteiger partial charge in [0.05, 0.1) is 22.6 Å². The van der Waals surface area contributed by atoms with Gasteiger partial charge >= 0.3 is 0 Å². The molecule has 0 saturated carbocycles. The van der Waals surface area contributed by atoms with Crippen LogP contribution in [0.1, 0.15) is 34.8 Å². The molecule has 3 aromatic heterocycles. The third kappa shape index (κ3) is 3.04. The molecule has 6 heteroatoms. The molecule has 30 heavy (non-hydrogen) atoms. The third-order valence-electron chi connectivity index (χ3n) is 5.43. The van der Waals surface area contributed by atoms with E-state index in [9.17, 15) is 4.79 Å². The summed E-state index contributed by atoms with van der Waals surface area (Å²) in [7, 11) is 0. The van der Waals surface area contributed by atoms with Crippen LogP contribution in [0.15, 0.2) is 42.6 Å². The van der Waals surface area contributed by atoms with Gasteiger partial charge in [-0.25, -0.2) is 4.98 Å². The number of hydrogen-bond donors (Lipinski definition) is 2. The van der Waals surface area contributed by atoms with E-state index in [1.54, 1.807) is 0 Å². The van der Waals surface area contributed by atoms with Crippen molar-refractivity contribution in [2.45, 2.75) is 26.8 Å². The summed E-state index contributed by atoms with van der Waals surface area (Å²) in [5, 5.41) is 8.66. The lowest BCUT2D eigenvalue weighted by Gasteiger charge is -2.11. The first-order valence-electron chi connectivity index (χ1n) is 10.1. The highest BCUT2D eigenvalue weighted by Crippen LogP contribution is 2.41. The normalized spacial score (nSPS) is 16.5. The molecule has 1 aromatic carbocycles. The Balaban J connectivity index is 1.70. The van der Waals surface area contributed by atoms with Gasteiger partial charge in [-0.3, -0.25) is 9.78 Å². The van der Waals surface area contributed by atoms with Gasteiger partial charge in [0.2, 0.25) is 0 Å². The predicted molar refractivity (Wildman–Crippen MR) is 125 cm³/mol. The SMILES string of the molecule is CC=Cc1cc(-c2ccc3c(ccc4sc5c(c43)NCC(C)NC5=O)n2)c(C)cn1. The van der Waals surface area contributed by atoms with Crippen molar-refractivity contribution in [1.29, 1.82) is 0 Å². The number of rotatable bonds is 2. The number of hydrogen-bond acceptors (Lipinski definition) is 5. The number of nitrogens with zero attached hydrogens (tertiary/aromatic N) is 2. The highest BCUT2D eigenvalue weighted by Gasteiger charge is 2.24. The first-order valence-corrected chi connectivity index (χ1v) is 10.9. The fourth-order valence-corrected chi connectivity index (χ4v) is 5.05. The monoisotopic (exact) mass is 414 g/mol. The molecule has 0 bridgehead atoms. The maximum absolute atomic E-state index is 12.6. The van der Waals surface area contributed by atoms with Gasteiger partial charge in [0, 0.05) is 39.8 Å². The smallest absolute Gasteiger partial charge is 0.263 e. The zero-order chi connectivity index (χ0) is 20.8. The zero-order valence-corrected chi connectivity index (χ0v) is 17.9. The number of thiophene rings is 1. The molecule has 4 aromatic rings. The first-order chi connectivity index (χ1) is 14.5. The molecule has 0 saturated heterocycles. The van der Waals surface area contributed by atoms with E-state index in [1.165, 1.54) is 11.3 Å². The van der Waals surface area contributed by atoms with E-state index in [-0.39, 0.29) is 11.9 Å². The molecule has 5 nitrogen and oxygen atoms in total. The first kappa shape index (κ1) is 18.8. The lowest BCUT2D eigenvalue weighted by Crippen LogP contribution is -2.34. The van der Waals surface area contributed by atoms with Crippen LogP contribution >= 0.6 is 11.3 Å². The Morgan fingerprint density at radius 2 is 2.10 bits per heavy atom. The molecule has 0 radical (unpaired) electrons. The molecule has 5 rings (SSSR count). The molecule has 2 N–H and O–H groups in total. The van der Waals surface area contributed by atoms with Gasteiger partial charge in [-0.15, -0.1) is 11.3 Å². The Kier molecular flexibility index (Phi) is 4.51. The van der Waals surface area contributed by atoms with Crippen molar-refractivity contribution in [3.05, 3.63) is 58.7 Å². The van der Waals surface area contributed by atoms with Crippen molar-refractivity contribution in [1.82, 2.24) is 15.3 Å². The van der Waals surface area contributed by atoms with E-state index in [4.69, 9.17) is 4.98 Å². The van der Waals surface area contributed by atoms with Crippen LogP contribution in [0, 0.1) is 6.92 Å². The molecule has 0 spiro atoms. The maximum atomic E-state index is 12.6. The molecular formula is C24H22N4OS. The van der Waals surface area contributed by atoms with Crippen molar-refractivity contribution < 1.29 is 4.79 Å². The van der Waals surface area contributed by atoms with Crippen LogP contribution in [-0.4, -0.2) is 28.5 Å². The van der Waals surface area contributed by atoms with Crippen LogP contribution in [0.25, 0.3) is 38.3 Å². The minimum atomic E-state index is -0.00894. The Bertz CT molecular complexity index is 1340. The molecule has 1 atom stereocenters. The number of carbonyl (C=O) groups is 1. The predicted octanol–water partition coefficient (Wildman–Crippen LogP) is 5.40. The van der Waals surface area contributed by atoms with E-state index >= 15 is 0 Å². The number of amides is 1. The summed E-state index contributed by atoms with van der Waals surface area (Å²) in [6.07, 6.45) is 5.87. The van der Waals surface area contributed by atoms with Gasteiger partial charge < -0.3 is 10.6 Å². The molecule has 0 aliphatic carbocycles. The molecule has 4 heterocycles. The Morgan fingerprint density at radius 1 is 1.23 bits per heavy atom. The minimum absolute atomic E-state index is 0.00894. The highest BCUT2D eigenvalue weighted by atomic mass is 32.1. The number of aryl methyl sites for hydroxylation is 1. The van der Waals surface area contributed by atoms with Crippen LogP contribution in [0.2, 0.25) is 0 Å². The lowest BCUT2D eigenvalue weighted by molar-refractivity contribution is 0.0949. The Morgan fingerprint density at radius 3 is 2.93 bits per heavy atom. The van der Waals surface area contributed by atoms with Crippen LogP contribution in [0.5, 0.6) is 0 Å². The number of anilines is 1. The van der Waals surface area contributed by atoms with E-state index < -0.39 is 0 Å². The van der Waals surface area contributed by atoms with Crippen LogP contribution in [-0.2, 0) is 0 Å². The van der Waals surface area contributed by atoms with Crippen molar-refractivity contribution >= 4 is 50.0 Å². The van der Waals surface area contributed by atoms with Gasteiger partial charge in [0.15, 0.2) is 0 Å². The minimum Gasteiger partial charge on any atom is -0.381 e. The topological polar surface area (TPSA) is 66.9 Å². The molecule has 1 aliphatic rings. The number of pyridine rings is 2. The van der Waals surface area contributed by atoms with E-state index in [0.29, 0.717) is 6.54 Å². The average molecular weight is 415 g/mol. The number of carbonyl (C=O) groups excluding carboxylic acids is 1. The molecular weight excluding hydrogens is 392 g/mol. The number of aromatic nitrogens is 2. The summed E-state index contributed by atoms with van der Waals surface area (Å²) in [5.74, 6) is -0.00894. The zero-order valence-electron chi connectivity index (χ0n) is 17.1. The van der Waals surface area contributed by atoms with Gasteiger partial charge in [-0.1, -0.05) is 6.08 Å². The van der Waals surface area contributed by atoms with Crippen molar-refractivity contribution in [3.8, 4) is 11.3 Å². The molecule has 1 unspecified atom stereocenters. The summed E-state index contributed by atoms with van der Waals surface area (Å²) < 4.78 is 1.09. The molecule has 1 aliphatic heterocycles. The number of allylic oxidation sites excluding steroid dienone is 1. The van der Waals surface area contributed by atoms with Crippen LogP contribution < -0.4 is 10.6 Å². The van der Waals surface area contributed by atoms with Gasteiger partial charge in [-0.05, 0) is 62.7 Å². The quantitative estimate of drug-likeness (QED) is 0.461. The molecule has 150 valence electrons. The van der Waals surface area contributed by atoms with E-state index in [1.807, 2.05) is 38.3 Å². The van der Waals surface area contributed by atoms with Gasteiger partial charge in [0.1, 0.15) is 4.88 Å². The second-order valence-electron chi connectivity index (χ2n) is 7.69. The number of benzene rings is 1. The van der Waals surface area contributed by atoms with Gasteiger partial charge in [-0.2, -0.15) is 0 Å². The standard InChI is InChI=1S/C24H22N4OS/c1-4-5-15-10-17(13(2)11-25-15)19-7-6-16-18(28-19)8-9-20-21(16)22-23(30-20)24(29)27-14(3)12-26-22/h4-11,14,26H,12H2,1-3H3,(H,27,29). The van der Waals surface area contributed by atoms with Gasteiger partial charge in [0.25, 0.3) is 5.91 Å². The molecule has 1 amide bonds. The highest BCUT2D eigenvalue weighted by molar-refractivity contribution is 7.21. The summed E-state index contributed by atoms with van der Waals surface area (Å²) in [6.45, 7) is 6.75. The average Bonchev–Trinajstić information content (AvgIpc) is 3.06. The number of fused-ring (bicyclic) bond motifs is 5. The third-order valence-corrected chi connectivity index (χ3v) is 6.58. The summed E-state index contributed by atoms with van der Waals surface area (Å²) >= 11 is 1.53. The summed E-state index contributed by atoms with van der Waals surface area (Å²) in [6, 6.07) is 10.5. The fourth-order valence-electron chi connectivity index (χ4n) is 3.95. The Hall–Kier alpha value is -3.25. The summed E-state index contributed by atoms with van der Waals surface area (Å²) in [5.41, 5.74) is 5.86. The van der Waals surface area contributed by atoms with Crippen LogP contribution in [0.3, 0.4) is 0 Å². The van der Waals surface area contributed by atoms with E-state index in [2.05, 4.69) is 46.8 Å². The number of nitrogens with one attached hydrogen (secondary N) is 2. The van der Waals surface area contributed by atoms with Crippen LogP contribution in [0.4, 0.5) is 5.69 Å². The van der Waals surface area contributed by atoms with Crippen molar-refractivity contribution in [2.24, 2.45) is 0 Å². The largest absolute Gasteiger partial charge is 0.381 e.